The zero-order valence-electron chi connectivity index (χ0n) is 15.6. The molecule has 3 rings (SSSR count). The number of hydrogen-bond acceptors (Lipinski definition) is 4. The number of hydrogen-bond donors (Lipinski definition) is 2. The summed E-state index contributed by atoms with van der Waals surface area (Å²) in [6.45, 7) is 7.54. The van der Waals surface area contributed by atoms with Gasteiger partial charge in [-0.2, -0.15) is 0 Å². The Morgan fingerprint density at radius 1 is 0.840 bits per heavy atom. The van der Waals surface area contributed by atoms with E-state index >= 15 is 0 Å². The fourth-order valence-electron chi connectivity index (χ4n) is 3.29. The lowest BCUT2D eigenvalue weighted by Crippen LogP contribution is -2.37. The number of nitrogens with zero attached hydrogens (tertiary/aromatic N) is 1. The third-order valence-electron chi connectivity index (χ3n) is 4.26. The molecule has 4 nitrogen and oxygen atoms in total. The van der Waals surface area contributed by atoms with Crippen LogP contribution in [0.3, 0.4) is 0 Å². The van der Waals surface area contributed by atoms with Gasteiger partial charge in [-0.1, -0.05) is 24.3 Å². The van der Waals surface area contributed by atoms with Crippen molar-refractivity contribution in [2.24, 2.45) is 0 Å². The molecule has 0 fully saturated rings. The van der Waals surface area contributed by atoms with E-state index in [9.17, 15) is 10.2 Å². The van der Waals surface area contributed by atoms with Gasteiger partial charge in [-0.3, -0.25) is 0 Å². The maximum absolute atomic E-state index is 10.1. The molecule has 0 spiro atoms. The second-order valence-corrected chi connectivity index (χ2v) is 14.9. The van der Waals surface area contributed by atoms with Gasteiger partial charge >= 0.3 is 46.9 Å². The molecule has 0 unspecified atom stereocenters. The van der Waals surface area contributed by atoms with Gasteiger partial charge < -0.3 is 18.8 Å². The van der Waals surface area contributed by atoms with Crippen LogP contribution in [-0.2, 0) is 0 Å². The highest BCUT2D eigenvalue weighted by molar-refractivity contribution is 6.57. The molecule has 2 N–H and O–H groups in total. The van der Waals surface area contributed by atoms with Crippen molar-refractivity contribution in [2.75, 3.05) is 3.88 Å². The van der Waals surface area contributed by atoms with Crippen LogP contribution in [0.15, 0.2) is 36.4 Å². The van der Waals surface area contributed by atoms with Crippen LogP contribution in [0, 0.1) is 0 Å². The van der Waals surface area contributed by atoms with Crippen molar-refractivity contribution in [3.8, 4) is 11.5 Å². The number of ether oxygens (including phenoxy) is 1. The van der Waals surface area contributed by atoms with E-state index in [1.165, 1.54) is 8.85 Å². The van der Waals surface area contributed by atoms with Crippen LogP contribution in [0.1, 0.15) is 27.7 Å². The van der Waals surface area contributed by atoms with Crippen molar-refractivity contribution in [1.29, 1.82) is 0 Å². The lowest BCUT2D eigenvalue weighted by molar-refractivity contribution is 0.166. The predicted molar refractivity (Wildman–Crippen MR) is 110 cm³/mol. The van der Waals surface area contributed by atoms with E-state index in [1.54, 1.807) is 0 Å². The first kappa shape index (κ1) is 19.3. The van der Waals surface area contributed by atoms with Crippen LogP contribution in [0.4, 0.5) is 11.4 Å². The molecule has 0 bridgehead atoms. The lowest BCUT2D eigenvalue weighted by Gasteiger charge is -2.32. The third kappa shape index (κ3) is 4.84. The Hall–Kier alpha value is -0.443. The van der Waals surface area contributed by atoms with Gasteiger partial charge in [0.15, 0.2) is 0 Å². The van der Waals surface area contributed by atoms with Crippen LogP contribution in [0.2, 0.25) is 0 Å². The smallest absolute Gasteiger partial charge is 0.370 e. The molecule has 0 saturated heterocycles. The van der Waals surface area contributed by atoms with E-state index in [0.29, 0.717) is 0 Å². The number of fused-ring (bicyclic) bond motifs is 2. The predicted octanol–water partition coefficient (Wildman–Crippen LogP) is 0.0589. The molecule has 0 atom stereocenters. The number of anilines is 2. The summed E-state index contributed by atoms with van der Waals surface area (Å²) in [6.07, 6.45) is 0. The minimum atomic E-state index is -0.770. The molecular weight excluding hydrogens is 359 g/mol. The summed E-state index contributed by atoms with van der Waals surface area (Å²) in [4.78, 5) is 0. The zero-order chi connectivity index (χ0) is 18.4. The van der Waals surface area contributed by atoms with Crippen molar-refractivity contribution in [3.05, 3.63) is 36.4 Å². The van der Waals surface area contributed by atoms with Crippen molar-refractivity contribution < 1.29 is 14.9 Å². The highest BCUT2D eigenvalue weighted by atomic mass is 27.1. The Morgan fingerprint density at radius 2 is 1.24 bits per heavy atom. The van der Waals surface area contributed by atoms with Crippen molar-refractivity contribution >= 4 is 67.2 Å². The summed E-state index contributed by atoms with van der Waals surface area (Å²) in [7, 11) is 0. The molecule has 7 heteroatoms. The van der Waals surface area contributed by atoms with E-state index < -0.39 is 39.4 Å². The summed E-state index contributed by atoms with van der Waals surface area (Å²) >= 11 is -0.698. The van der Waals surface area contributed by atoms with E-state index in [0.717, 1.165) is 39.4 Å². The molecule has 0 amide bonds. The number of rotatable bonds is 4. The average molecular weight is 383 g/mol. The molecule has 0 radical (unpaired) electrons. The van der Waals surface area contributed by atoms with Gasteiger partial charge in [-0.05, 0) is 39.8 Å². The molecule has 0 aliphatic carbocycles. The highest BCUT2D eigenvalue weighted by Crippen LogP contribution is 2.44. The Morgan fingerprint density at radius 3 is 1.60 bits per heavy atom. The van der Waals surface area contributed by atoms with Gasteiger partial charge in [0.25, 0.3) is 0 Å². The van der Waals surface area contributed by atoms with E-state index in [4.69, 9.17) is 4.74 Å². The summed E-state index contributed by atoms with van der Waals surface area (Å²) in [6, 6.07) is 12.6. The molecule has 0 aromatic heterocycles. The van der Waals surface area contributed by atoms with Crippen molar-refractivity contribution in [1.82, 2.24) is 0 Å². The maximum Gasteiger partial charge on any atom is 0.370 e. The van der Waals surface area contributed by atoms with Crippen LogP contribution in [-0.4, -0.2) is 66.1 Å². The minimum absolute atomic E-state index is 0.594. The quantitative estimate of drug-likeness (QED) is 0.734. The Bertz CT molecular complexity index is 732. The van der Waals surface area contributed by atoms with E-state index in [1.807, 2.05) is 39.8 Å². The minimum Gasteiger partial charge on any atom is -0.453 e. The van der Waals surface area contributed by atoms with Gasteiger partial charge in [0.05, 0.1) is 11.4 Å². The van der Waals surface area contributed by atoms with Crippen LogP contribution >= 0.6 is 0 Å². The first-order chi connectivity index (χ1) is 11.5. The molecule has 0 saturated carbocycles. The first-order valence-corrected chi connectivity index (χ1v) is 12.4. The van der Waals surface area contributed by atoms with Gasteiger partial charge in [0, 0.05) is 8.93 Å². The monoisotopic (exact) mass is 383 g/mol. The SMILES string of the molecule is C[C](C)(O)[AlH][c]1ccc2c(c1)[N]([AlH2])c1c[c]([AlH][C](C)(C)O)ccc1O2. The molecule has 1 heterocycles. The fourth-order valence-corrected chi connectivity index (χ4v) is 7.05. The summed E-state index contributed by atoms with van der Waals surface area (Å²) in [5, 5.41) is 20.3. The molecule has 128 valence electrons. The summed E-state index contributed by atoms with van der Waals surface area (Å²) in [5.41, 5.74) is 2.19. The van der Waals surface area contributed by atoms with Gasteiger partial charge in [-0.25, -0.2) is 0 Å². The topological polar surface area (TPSA) is 52.9 Å². The Labute approximate surface area is 169 Å². The largest absolute Gasteiger partial charge is 0.453 e. The molecule has 1 aliphatic heterocycles. The second-order valence-electron chi connectivity index (χ2n) is 8.24. The third-order valence-corrected chi connectivity index (χ3v) is 8.65. The number of aliphatic hydroxyl groups is 2. The molecule has 2 aromatic carbocycles. The lowest BCUT2D eigenvalue weighted by atomic mass is 10.2. The van der Waals surface area contributed by atoms with Gasteiger partial charge in [0.1, 0.15) is 11.5 Å². The maximum atomic E-state index is 10.1. The molecular formula is C18H24Al3NO3. The summed E-state index contributed by atoms with van der Waals surface area (Å²) in [5.74, 6) is 1.76. The number of benzene rings is 2. The highest BCUT2D eigenvalue weighted by Gasteiger charge is 2.25. The molecule has 2 aromatic rings. The summed E-state index contributed by atoms with van der Waals surface area (Å²) < 4.78 is 9.68. The van der Waals surface area contributed by atoms with Crippen LogP contribution < -0.4 is 17.5 Å². The van der Waals surface area contributed by atoms with Crippen LogP contribution in [0.5, 0.6) is 11.5 Å². The van der Waals surface area contributed by atoms with Gasteiger partial charge in [-0.15, -0.1) is 8.85 Å². The zero-order valence-corrected chi connectivity index (χ0v) is 20.5. The second kappa shape index (κ2) is 6.94. The van der Waals surface area contributed by atoms with Crippen molar-refractivity contribution in [3.63, 3.8) is 0 Å². The van der Waals surface area contributed by atoms with Gasteiger partial charge in [0.2, 0.25) is 0 Å². The van der Waals surface area contributed by atoms with E-state index in [-0.39, 0.29) is 0 Å². The molecule has 1 aliphatic rings. The van der Waals surface area contributed by atoms with E-state index in [2.05, 4.69) is 28.1 Å². The normalized spacial score (nSPS) is 13.6. The van der Waals surface area contributed by atoms with Crippen molar-refractivity contribution in [2.45, 2.75) is 36.6 Å². The Kier molecular flexibility index (Phi) is 5.36. The van der Waals surface area contributed by atoms with Crippen LogP contribution in [0.25, 0.3) is 0 Å². The molecule has 25 heavy (non-hydrogen) atoms. The average Bonchev–Trinajstić information content (AvgIpc) is 2.46. The standard InChI is InChI=1S/C12H6NO.2C3H7O.3Al.4H/c1-3-7-11-9(5-1)13-10-6-2-4-8-12(10)14-11;2*1-3(2)4;;;;;;;/h3-8H;2*4H,1-2H3;;;;;;;/q-1;;;;;+1;;;;. The fraction of sp³-hybridized carbons (Fsp3) is 0.333. The Balaban J connectivity index is 1.94. The first-order valence-electron chi connectivity index (χ1n) is 8.64.